The highest BCUT2D eigenvalue weighted by Gasteiger charge is 2.31. The van der Waals surface area contributed by atoms with Gasteiger partial charge in [0.15, 0.2) is 0 Å². The molecule has 1 rings (SSSR count). The van der Waals surface area contributed by atoms with Crippen molar-refractivity contribution in [2.45, 2.75) is 62.7 Å². The van der Waals surface area contributed by atoms with Crippen molar-refractivity contribution in [3.8, 4) is 0 Å². The second kappa shape index (κ2) is 15.6. The van der Waals surface area contributed by atoms with Gasteiger partial charge in [0, 0.05) is 19.3 Å². The van der Waals surface area contributed by atoms with E-state index in [0.717, 1.165) is 0 Å². The second-order valence-corrected chi connectivity index (χ2v) is 8.43. The smallest absolute Gasteiger partial charge is 0.326 e. The number of carboxylic acid groups (broad SMARTS) is 2. The molecular weight excluding hydrogens is 504 g/mol. The first-order valence-electron chi connectivity index (χ1n) is 11.5. The average Bonchev–Trinajstić information content (AvgIpc) is 2.83. The lowest BCUT2D eigenvalue weighted by atomic mass is 10.0. The Hall–Kier alpha value is -4.53. The van der Waals surface area contributed by atoms with Crippen LogP contribution in [0.4, 0.5) is 0 Å². The topological polar surface area (TPSA) is 274 Å². The summed E-state index contributed by atoms with van der Waals surface area (Å²) in [5, 5.41) is 25.0. The molecule has 4 unspecified atom stereocenters. The van der Waals surface area contributed by atoms with Crippen molar-refractivity contribution in [1.29, 1.82) is 0 Å². The summed E-state index contributed by atoms with van der Waals surface area (Å²) in [6, 6.07) is 2.71. The van der Waals surface area contributed by atoms with Crippen molar-refractivity contribution in [3.63, 3.8) is 0 Å². The van der Waals surface area contributed by atoms with Gasteiger partial charge in [0.25, 0.3) is 0 Å². The van der Waals surface area contributed by atoms with Crippen LogP contribution >= 0.6 is 0 Å². The molecular formula is C23H32N6O9. The summed E-state index contributed by atoms with van der Waals surface area (Å²) >= 11 is 0. The zero-order valence-electron chi connectivity index (χ0n) is 20.4. The Bertz CT molecular complexity index is 1030. The van der Waals surface area contributed by atoms with Gasteiger partial charge in [-0.3, -0.25) is 28.8 Å². The van der Waals surface area contributed by atoms with Crippen LogP contribution in [-0.4, -0.2) is 75.9 Å². The van der Waals surface area contributed by atoms with Crippen molar-refractivity contribution in [2.24, 2.45) is 17.2 Å². The maximum Gasteiger partial charge on any atom is 0.326 e. The van der Waals surface area contributed by atoms with Gasteiger partial charge in [-0.05, 0) is 18.4 Å². The van der Waals surface area contributed by atoms with Crippen LogP contribution in [0.25, 0.3) is 0 Å². The lowest BCUT2D eigenvalue weighted by molar-refractivity contribution is -0.143. The SMILES string of the molecule is NC(=O)CCC(NC(=O)C(CC(N)=O)NC(=O)C(Cc1ccccc1)NC(=O)C(N)CCC(=O)O)C(=O)O. The first kappa shape index (κ1) is 31.5. The van der Waals surface area contributed by atoms with Crippen LogP contribution in [0.15, 0.2) is 30.3 Å². The fourth-order valence-corrected chi connectivity index (χ4v) is 3.25. The van der Waals surface area contributed by atoms with Gasteiger partial charge in [0.1, 0.15) is 18.1 Å². The molecule has 0 spiro atoms. The van der Waals surface area contributed by atoms with E-state index in [1.165, 1.54) is 0 Å². The molecule has 0 fully saturated rings. The van der Waals surface area contributed by atoms with E-state index in [-0.39, 0.29) is 32.1 Å². The van der Waals surface area contributed by atoms with E-state index >= 15 is 0 Å². The predicted octanol–water partition coefficient (Wildman–Crippen LogP) is -2.90. The number of nitrogens with one attached hydrogen (secondary N) is 3. The van der Waals surface area contributed by atoms with Crippen molar-refractivity contribution < 1.29 is 43.8 Å². The van der Waals surface area contributed by atoms with E-state index in [0.29, 0.717) is 5.56 Å². The quantitative estimate of drug-likeness (QED) is 0.100. The summed E-state index contributed by atoms with van der Waals surface area (Å²) in [6.07, 6.45) is -2.04. The minimum absolute atomic E-state index is 0.0641. The number of carboxylic acids is 2. The lowest BCUT2D eigenvalue weighted by Gasteiger charge is -2.25. The second-order valence-electron chi connectivity index (χ2n) is 8.43. The lowest BCUT2D eigenvalue weighted by Crippen LogP contribution is -2.58. The fourth-order valence-electron chi connectivity index (χ4n) is 3.25. The maximum absolute atomic E-state index is 13.1. The molecule has 0 bridgehead atoms. The summed E-state index contributed by atoms with van der Waals surface area (Å²) < 4.78 is 0. The zero-order valence-corrected chi connectivity index (χ0v) is 20.4. The van der Waals surface area contributed by atoms with Gasteiger partial charge in [0.2, 0.25) is 29.5 Å². The highest BCUT2D eigenvalue weighted by atomic mass is 16.4. The Balaban J connectivity index is 3.09. The van der Waals surface area contributed by atoms with Crippen molar-refractivity contribution >= 4 is 41.5 Å². The molecule has 0 aliphatic heterocycles. The fraction of sp³-hybridized carbons (Fsp3) is 0.435. The largest absolute Gasteiger partial charge is 0.481 e. The van der Waals surface area contributed by atoms with Crippen LogP contribution in [0.1, 0.15) is 37.7 Å². The third-order valence-electron chi connectivity index (χ3n) is 5.25. The zero-order chi connectivity index (χ0) is 28.8. The third-order valence-corrected chi connectivity index (χ3v) is 5.25. The van der Waals surface area contributed by atoms with Gasteiger partial charge in [0.05, 0.1) is 12.5 Å². The summed E-state index contributed by atoms with van der Waals surface area (Å²) in [5.41, 5.74) is 16.6. The molecule has 0 heterocycles. The van der Waals surface area contributed by atoms with Crippen LogP contribution in [-0.2, 0) is 40.0 Å². The molecule has 0 saturated carbocycles. The van der Waals surface area contributed by atoms with E-state index in [4.69, 9.17) is 22.3 Å². The predicted molar refractivity (Wildman–Crippen MR) is 131 cm³/mol. The van der Waals surface area contributed by atoms with Crippen molar-refractivity contribution in [1.82, 2.24) is 16.0 Å². The summed E-state index contributed by atoms with van der Waals surface area (Å²) in [4.78, 5) is 83.2. The molecule has 0 radical (unpaired) electrons. The molecule has 15 nitrogen and oxygen atoms in total. The van der Waals surface area contributed by atoms with Gasteiger partial charge in [-0.2, -0.15) is 0 Å². The molecule has 0 aliphatic carbocycles. The van der Waals surface area contributed by atoms with Crippen molar-refractivity contribution in [3.05, 3.63) is 35.9 Å². The molecule has 208 valence electrons. The number of primary amides is 2. The van der Waals surface area contributed by atoms with E-state index < -0.39 is 72.1 Å². The van der Waals surface area contributed by atoms with Crippen LogP contribution in [0.2, 0.25) is 0 Å². The van der Waals surface area contributed by atoms with Crippen LogP contribution in [0, 0.1) is 0 Å². The number of carbonyl (C=O) groups is 7. The third kappa shape index (κ3) is 11.9. The molecule has 15 heteroatoms. The van der Waals surface area contributed by atoms with E-state index in [1.807, 2.05) is 0 Å². The number of hydrogen-bond donors (Lipinski definition) is 8. The molecule has 11 N–H and O–H groups in total. The number of amides is 5. The monoisotopic (exact) mass is 536 g/mol. The molecule has 0 aromatic heterocycles. The highest BCUT2D eigenvalue weighted by molar-refractivity contribution is 5.96. The maximum atomic E-state index is 13.1. The number of nitrogens with two attached hydrogens (primary N) is 3. The summed E-state index contributed by atoms with van der Waals surface area (Å²) in [5.74, 6) is -7.25. The Morgan fingerprint density at radius 3 is 1.79 bits per heavy atom. The van der Waals surface area contributed by atoms with Gasteiger partial charge in [-0.1, -0.05) is 30.3 Å². The number of hydrogen-bond acceptors (Lipinski definition) is 8. The van der Waals surface area contributed by atoms with Crippen molar-refractivity contribution in [2.75, 3.05) is 0 Å². The van der Waals surface area contributed by atoms with E-state index in [2.05, 4.69) is 16.0 Å². The van der Waals surface area contributed by atoms with Gasteiger partial charge < -0.3 is 43.4 Å². The molecule has 1 aromatic rings. The Morgan fingerprint density at radius 2 is 1.26 bits per heavy atom. The molecule has 5 amide bonds. The summed E-state index contributed by atoms with van der Waals surface area (Å²) in [7, 11) is 0. The number of benzene rings is 1. The number of carbonyl (C=O) groups excluding carboxylic acids is 5. The Morgan fingerprint density at radius 1 is 0.711 bits per heavy atom. The summed E-state index contributed by atoms with van der Waals surface area (Å²) in [6.45, 7) is 0. The molecule has 0 aliphatic rings. The Kier molecular flexibility index (Phi) is 12.9. The first-order chi connectivity index (χ1) is 17.8. The molecule has 4 atom stereocenters. The van der Waals surface area contributed by atoms with Crippen LogP contribution < -0.4 is 33.2 Å². The van der Waals surface area contributed by atoms with E-state index in [1.54, 1.807) is 30.3 Å². The minimum Gasteiger partial charge on any atom is -0.481 e. The average molecular weight is 537 g/mol. The molecule has 1 aromatic carbocycles. The first-order valence-corrected chi connectivity index (χ1v) is 11.5. The number of aliphatic carboxylic acids is 2. The molecule has 0 saturated heterocycles. The highest BCUT2D eigenvalue weighted by Crippen LogP contribution is 2.07. The van der Waals surface area contributed by atoms with E-state index in [9.17, 15) is 38.7 Å². The number of rotatable bonds is 17. The Labute approximate surface area is 217 Å². The minimum atomic E-state index is -1.62. The van der Waals surface area contributed by atoms with Crippen LogP contribution in [0.3, 0.4) is 0 Å². The molecule has 38 heavy (non-hydrogen) atoms. The normalized spacial score (nSPS) is 13.7. The van der Waals surface area contributed by atoms with Gasteiger partial charge in [-0.15, -0.1) is 0 Å². The van der Waals surface area contributed by atoms with Crippen LogP contribution in [0.5, 0.6) is 0 Å². The van der Waals surface area contributed by atoms with Gasteiger partial charge in [-0.25, -0.2) is 4.79 Å². The standard InChI is InChI=1S/C23H32N6O9/c24-13(6-9-19(32)33)20(34)28-15(10-12-4-2-1-3-5-12)21(35)29-16(11-18(26)31)22(36)27-14(23(37)38)7-8-17(25)30/h1-5,13-16H,6-11,24H2,(H2,25,30)(H2,26,31)(H,27,36)(H,28,34)(H,29,35)(H,32,33)(H,37,38). The van der Waals surface area contributed by atoms with Gasteiger partial charge >= 0.3 is 11.9 Å².